The van der Waals surface area contributed by atoms with E-state index < -0.39 is 12.6 Å². The smallest absolute Gasteiger partial charge is 0.338 e. The van der Waals surface area contributed by atoms with E-state index in [1.54, 1.807) is 6.92 Å². The van der Waals surface area contributed by atoms with E-state index in [1.807, 2.05) is 0 Å². The molecule has 1 N–H and O–H groups in total. The van der Waals surface area contributed by atoms with Gasteiger partial charge in [-0.25, -0.2) is 0 Å². The molecule has 80 valence electrons. The number of rotatable bonds is 4. The topological polar surface area (TPSA) is 51.0 Å². The SMILES string of the molecule is Cc1noc(NCCCC(F)(F)F)n1. The Kier molecular flexibility index (Phi) is 3.32. The molecule has 1 aromatic heterocycles. The van der Waals surface area contributed by atoms with Crippen molar-refractivity contribution in [2.45, 2.75) is 25.9 Å². The Balaban J connectivity index is 2.16. The third-order valence-electron chi connectivity index (χ3n) is 1.44. The minimum Gasteiger partial charge on any atom is -0.338 e. The lowest BCUT2D eigenvalue weighted by Crippen LogP contribution is -2.11. The molecule has 0 unspecified atom stereocenters. The molecule has 0 bridgehead atoms. The summed E-state index contributed by atoms with van der Waals surface area (Å²) in [5.41, 5.74) is 0. The van der Waals surface area contributed by atoms with Crippen LogP contribution in [0.4, 0.5) is 19.2 Å². The van der Waals surface area contributed by atoms with Crippen molar-refractivity contribution in [1.29, 1.82) is 0 Å². The Morgan fingerprint density at radius 2 is 2.14 bits per heavy atom. The number of alkyl halides is 3. The van der Waals surface area contributed by atoms with Gasteiger partial charge in [0.15, 0.2) is 5.82 Å². The number of hydrogen-bond acceptors (Lipinski definition) is 4. The third-order valence-corrected chi connectivity index (χ3v) is 1.44. The average Bonchev–Trinajstić information content (AvgIpc) is 2.44. The normalized spacial score (nSPS) is 11.7. The molecule has 0 amide bonds. The van der Waals surface area contributed by atoms with Crippen LogP contribution in [-0.4, -0.2) is 22.9 Å². The van der Waals surface area contributed by atoms with E-state index in [1.165, 1.54) is 0 Å². The number of aromatic nitrogens is 2. The monoisotopic (exact) mass is 209 g/mol. The summed E-state index contributed by atoms with van der Waals surface area (Å²) in [6.45, 7) is 1.80. The highest BCUT2D eigenvalue weighted by molar-refractivity contribution is 5.17. The van der Waals surface area contributed by atoms with Gasteiger partial charge in [0.25, 0.3) is 0 Å². The van der Waals surface area contributed by atoms with Gasteiger partial charge in [-0.05, 0) is 13.3 Å². The molecule has 7 heteroatoms. The molecule has 0 spiro atoms. The zero-order valence-corrected chi connectivity index (χ0v) is 7.56. The van der Waals surface area contributed by atoms with Crippen LogP contribution in [-0.2, 0) is 0 Å². The molecule has 0 aliphatic rings. The van der Waals surface area contributed by atoms with Gasteiger partial charge >= 0.3 is 12.2 Å². The second-order valence-corrected chi connectivity index (χ2v) is 2.79. The fourth-order valence-electron chi connectivity index (χ4n) is 0.853. The first-order chi connectivity index (χ1) is 6.47. The van der Waals surface area contributed by atoms with Gasteiger partial charge in [0.2, 0.25) is 0 Å². The van der Waals surface area contributed by atoms with Crippen LogP contribution in [0.15, 0.2) is 4.52 Å². The zero-order chi connectivity index (χ0) is 10.6. The van der Waals surface area contributed by atoms with Crippen molar-refractivity contribution >= 4 is 6.01 Å². The first-order valence-corrected chi connectivity index (χ1v) is 4.08. The van der Waals surface area contributed by atoms with E-state index in [2.05, 4.69) is 20.0 Å². The van der Waals surface area contributed by atoms with Crippen molar-refractivity contribution < 1.29 is 17.7 Å². The van der Waals surface area contributed by atoms with Crippen molar-refractivity contribution in [1.82, 2.24) is 10.1 Å². The van der Waals surface area contributed by atoms with E-state index in [0.717, 1.165) is 0 Å². The number of aryl methyl sites for hydroxylation is 1. The molecule has 0 radical (unpaired) electrons. The highest BCUT2D eigenvalue weighted by Crippen LogP contribution is 2.21. The fourth-order valence-corrected chi connectivity index (χ4v) is 0.853. The maximum Gasteiger partial charge on any atom is 0.389 e. The summed E-state index contributed by atoms with van der Waals surface area (Å²) in [7, 11) is 0. The summed E-state index contributed by atoms with van der Waals surface area (Å²) >= 11 is 0. The highest BCUT2D eigenvalue weighted by Gasteiger charge is 2.25. The fraction of sp³-hybridized carbons (Fsp3) is 0.714. The Bertz CT molecular complexity index is 284. The van der Waals surface area contributed by atoms with Gasteiger partial charge in [-0.1, -0.05) is 5.16 Å². The van der Waals surface area contributed by atoms with Crippen LogP contribution in [0.25, 0.3) is 0 Å². The van der Waals surface area contributed by atoms with Gasteiger partial charge in [0.05, 0.1) is 0 Å². The molecule has 0 fully saturated rings. The van der Waals surface area contributed by atoms with Gasteiger partial charge in [-0.2, -0.15) is 18.2 Å². The summed E-state index contributed by atoms with van der Waals surface area (Å²) in [6, 6.07) is 0.157. The number of anilines is 1. The van der Waals surface area contributed by atoms with Crippen LogP contribution in [0.5, 0.6) is 0 Å². The molecule has 0 atom stereocenters. The standard InChI is InChI=1S/C7H10F3N3O/c1-5-12-6(14-13-5)11-4-2-3-7(8,9)10/h2-4H2,1H3,(H,11,12,13). The van der Waals surface area contributed by atoms with Gasteiger partial charge in [0, 0.05) is 13.0 Å². The van der Waals surface area contributed by atoms with E-state index in [4.69, 9.17) is 0 Å². The summed E-state index contributed by atoms with van der Waals surface area (Å²) in [5, 5.41) is 6.07. The molecule has 14 heavy (non-hydrogen) atoms. The van der Waals surface area contributed by atoms with Gasteiger partial charge in [0.1, 0.15) is 0 Å². The first-order valence-electron chi connectivity index (χ1n) is 4.08. The lowest BCUT2D eigenvalue weighted by atomic mass is 10.3. The van der Waals surface area contributed by atoms with E-state index in [0.29, 0.717) is 5.82 Å². The summed E-state index contributed by atoms with van der Waals surface area (Å²) in [6.07, 6.45) is -4.93. The summed E-state index contributed by atoms with van der Waals surface area (Å²) < 4.78 is 39.8. The maximum absolute atomic E-state index is 11.7. The molecule has 0 saturated heterocycles. The highest BCUT2D eigenvalue weighted by atomic mass is 19.4. The number of nitrogens with one attached hydrogen (secondary N) is 1. The van der Waals surface area contributed by atoms with Crippen molar-refractivity contribution in [2.24, 2.45) is 0 Å². The predicted octanol–water partition coefficient (Wildman–Crippen LogP) is 2.13. The molecular formula is C7H10F3N3O. The molecule has 1 rings (SSSR count). The van der Waals surface area contributed by atoms with E-state index in [-0.39, 0.29) is 19.0 Å². The number of nitrogens with zero attached hydrogens (tertiary/aromatic N) is 2. The summed E-state index contributed by atoms with van der Waals surface area (Å²) in [4.78, 5) is 3.77. The second kappa shape index (κ2) is 4.30. The van der Waals surface area contributed by atoms with Crippen molar-refractivity contribution in [2.75, 3.05) is 11.9 Å². The van der Waals surface area contributed by atoms with Crippen LogP contribution in [0.3, 0.4) is 0 Å². The minimum absolute atomic E-state index is 0.00900. The predicted molar refractivity (Wildman–Crippen MR) is 42.8 cm³/mol. The Morgan fingerprint density at radius 3 is 2.64 bits per heavy atom. The van der Waals surface area contributed by atoms with E-state index >= 15 is 0 Å². The Hall–Kier alpha value is -1.27. The Labute approximate surface area is 78.5 Å². The molecular weight excluding hydrogens is 199 g/mol. The lowest BCUT2D eigenvalue weighted by molar-refractivity contribution is -0.134. The van der Waals surface area contributed by atoms with Gasteiger partial charge in [-0.15, -0.1) is 0 Å². The number of hydrogen-bond donors (Lipinski definition) is 1. The van der Waals surface area contributed by atoms with Crippen LogP contribution in [0.1, 0.15) is 18.7 Å². The number of halogens is 3. The molecule has 1 heterocycles. The van der Waals surface area contributed by atoms with Crippen molar-refractivity contribution in [3.05, 3.63) is 5.82 Å². The lowest BCUT2D eigenvalue weighted by Gasteiger charge is -2.05. The largest absolute Gasteiger partial charge is 0.389 e. The average molecular weight is 209 g/mol. The summed E-state index contributed by atoms with van der Waals surface area (Å²) in [5.74, 6) is 0.448. The quantitative estimate of drug-likeness (QED) is 0.772. The molecule has 1 aromatic rings. The Morgan fingerprint density at radius 1 is 1.43 bits per heavy atom. The zero-order valence-electron chi connectivity index (χ0n) is 7.56. The van der Waals surface area contributed by atoms with Crippen molar-refractivity contribution in [3.63, 3.8) is 0 Å². The van der Waals surface area contributed by atoms with Gasteiger partial charge in [-0.3, -0.25) is 0 Å². The van der Waals surface area contributed by atoms with Gasteiger partial charge < -0.3 is 9.84 Å². The molecule has 0 aromatic carbocycles. The van der Waals surface area contributed by atoms with Crippen LogP contribution in [0.2, 0.25) is 0 Å². The third kappa shape index (κ3) is 4.11. The van der Waals surface area contributed by atoms with Crippen molar-refractivity contribution in [3.8, 4) is 0 Å². The first kappa shape index (κ1) is 10.8. The van der Waals surface area contributed by atoms with Crippen LogP contribution >= 0.6 is 0 Å². The molecule has 0 aliphatic carbocycles. The molecule has 4 nitrogen and oxygen atoms in total. The van der Waals surface area contributed by atoms with Crippen LogP contribution < -0.4 is 5.32 Å². The van der Waals surface area contributed by atoms with E-state index in [9.17, 15) is 13.2 Å². The minimum atomic E-state index is -4.10. The van der Waals surface area contributed by atoms with Crippen LogP contribution in [0, 0.1) is 6.92 Å². The maximum atomic E-state index is 11.7. The molecule has 0 saturated carbocycles. The second-order valence-electron chi connectivity index (χ2n) is 2.79. The molecule has 0 aliphatic heterocycles.